The van der Waals surface area contributed by atoms with Crippen LogP contribution >= 0.6 is 0 Å². The van der Waals surface area contributed by atoms with Crippen LogP contribution in [0.1, 0.15) is 32.1 Å². The van der Waals surface area contributed by atoms with Gasteiger partial charge in [-0.15, -0.1) is 0 Å². The first-order valence-corrected chi connectivity index (χ1v) is 9.85. The van der Waals surface area contributed by atoms with Gasteiger partial charge in [0.25, 0.3) is 0 Å². The molecule has 2 unspecified atom stereocenters. The van der Waals surface area contributed by atoms with Gasteiger partial charge in [0, 0.05) is 37.6 Å². The Kier molecular flexibility index (Phi) is 5.42. The number of aliphatic hydroxyl groups is 1. The van der Waals surface area contributed by atoms with E-state index in [0.29, 0.717) is 36.1 Å². The van der Waals surface area contributed by atoms with Crippen molar-refractivity contribution in [1.29, 1.82) is 0 Å². The standard InChI is InChI=1S/C20H25F3N4O/c21-20(22,23)13-10-15(26-14-4-6-16(28)7-5-14)12-27(11-13)18-3-1-2-17-19(18)25-9-8-24-17/h1-3,8-9,13-16,26,28H,4-7,10-12H2. The summed E-state index contributed by atoms with van der Waals surface area (Å²) in [6.07, 6.45) is 1.72. The first-order valence-electron chi connectivity index (χ1n) is 9.85. The Hall–Kier alpha value is -1.93. The quantitative estimate of drug-likeness (QED) is 0.837. The highest BCUT2D eigenvalue weighted by molar-refractivity contribution is 5.88. The van der Waals surface area contributed by atoms with E-state index in [-0.39, 0.29) is 31.2 Å². The van der Waals surface area contributed by atoms with Crippen LogP contribution in [0, 0.1) is 5.92 Å². The number of halogens is 3. The third-order valence-corrected chi connectivity index (χ3v) is 5.90. The Morgan fingerprint density at radius 3 is 2.50 bits per heavy atom. The molecule has 152 valence electrons. The fraction of sp³-hybridized carbons (Fsp3) is 0.600. The number of benzene rings is 1. The van der Waals surface area contributed by atoms with Gasteiger partial charge < -0.3 is 15.3 Å². The van der Waals surface area contributed by atoms with Crippen LogP contribution in [0.3, 0.4) is 0 Å². The van der Waals surface area contributed by atoms with Crippen molar-refractivity contribution in [1.82, 2.24) is 15.3 Å². The van der Waals surface area contributed by atoms with Gasteiger partial charge >= 0.3 is 6.18 Å². The van der Waals surface area contributed by atoms with E-state index in [1.54, 1.807) is 17.3 Å². The lowest BCUT2D eigenvalue weighted by Crippen LogP contribution is -2.55. The molecule has 0 radical (unpaired) electrons. The zero-order chi connectivity index (χ0) is 19.7. The number of alkyl halides is 3. The van der Waals surface area contributed by atoms with Crippen molar-refractivity contribution in [2.24, 2.45) is 5.92 Å². The Morgan fingerprint density at radius 1 is 1.00 bits per heavy atom. The molecule has 1 saturated heterocycles. The smallest absolute Gasteiger partial charge is 0.393 e. The van der Waals surface area contributed by atoms with E-state index in [2.05, 4.69) is 15.3 Å². The molecule has 2 fully saturated rings. The second-order valence-electron chi connectivity index (χ2n) is 7.95. The fourth-order valence-corrected chi connectivity index (χ4v) is 4.46. The zero-order valence-corrected chi connectivity index (χ0v) is 15.6. The first-order chi connectivity index (χ1) is 13.4. The number of fused-ring (bicyclic) bond motifs is 1. The van der Waals surface area contributed by atoms with E-state index in [4.69, 9.17) is 0 Å². The summed E-state index contributed by atoms with van der Waals surface area (Å²) in [6.45, 7) is 0.433. The maximum atomic E-state index is 13.6. The van der Waals surface area contributed by atoms with Crippen molar-refractivity contribution in [3.05, 3.63) is 30.6 Å². The average molecular weight is 394 g/mol. The van der Waals surface area contributed by atoms with Crippen molar-refractivity contribution < 1.29 is 18.3 Å². The van der Waals surface area contributed by atoms with Crippen LogP contribution in [0.25, 0.3) is 11.0 Å². The summed E-state index contributed by atoms with van der Waals surface area (Å²) in [5.41, 5.74) is 2.01. The lowest BCUT2D eigenvalue weighted by molar-refractivity contribution is -0.177. The minimum atomic E-state index is -4.24. The largest absolute Gasteiger partial charge is 0.393 e. The van der Waals surface area contributed by atoms with Gasteiger partial charge in [0.1, 0.15) is 5.52 Å². The van der Waals surface area contributed by atoms with Crippen molar-refractivity contribution in [2.75, 3.05) is 18.0 Å². The van der Waals surface area contributed by atoms with Gasteiger partial charge in [-0.1, -0.05) is 6.07 Å². The summed E-state index contributed by atoms with van der Waals surface area (Å²) in [5.74, 6) is -1.39. The number of anilines is 1. The molecule has 1 aromatic heterocycles. The summed E-state index contributed by atoms with van der Waals surface area (Å²) in [6, 6.07) is 5.36. The number of nitrogens with zero attached hydrogens (tertiary/aromatic N) is 3. The van der Waals surface area contributed by atoms with Crippen molar-refractivity contribution in [3.63, 3.8) is 0 Å². The maximum Gasteiger partial charge on any atom is 0.393 e. The molecule has 2 N–H and O–H groups in total. The Morgan fingerprint density at radius 2 is 1.75 bits per heavy atom. The number of hydrogen-bond donors (Lipinski definition) is 2. The summed E-state index contributed by atoms with van der Waals surface area (Å²) in [7, 11) is 0. The van der Waals surface area contributed by atoms with Crippen LogP contribution in [0.5, 0.6) is 0 Å². The van der Waals surface area contributed by atoms with Gasteiger partial charge in [0.2, 0.25) is 0 Å². The summed E-state index contributed by atoms with van der Waals surface area (Å²) < 4.78 is 40.9. The number of aromatic nitrogens is 2. The molecule has 2 atom stereocenters. The Bertz CT molecular complexity index is 802. The van der Waals surface area contributed by atoms with E-state index in [1.807, 2.05) is 18.2 Å². The topological polar surface area (TPSA) is 61.3 Å². The number of para-hydroxylation sites is 1. The van der Waals surface area contributed by atoms with Crippen LogP contribution in [-0.4, -0.2) is 52.5 Å². The average Bonchev–Trinajstić information content (AvgIpc) is 2.68. The molecule has 8 heteroatoms. The van der Waals surface area contributed by atoms with Gasteiger partial charge in [0.15, 0.2) is 0 Å². The van der Waals surface area contributed by atoms with E-state index in [1.165, 1.54) is 0 Å². The molecule has 1 aliphatic carbocycles. The molecular weight excluding hydrogens is 369 g/mol. The molecule has 2 heterocycles. The zero-order valence-electron chi connectivity index (χ0n) is 15.6. The van der Waals surface area contributed by atoms with Crippen LogP contribution in [-0.2, 0) is 0 Å². The molecule has 1 aliphatic heterocycles. The van der Waals surface area contributed by atoms with Crippen LogP contribution < -0.4 is 10.2 Å². The summed E-state index contributed by atoms with van der Waals surface area (Å²) in [4.78, 5) is 10.4. The highest BCUT2D eigenvalue weighted by Crippen LogP contribution is 2.36. The van der Waals surface area contributed by atoms with Crippen LogP contribution in [0.4, 0.5) is 18.9 Å². The monoisotopic (exact) mass is 394 g/mol. The maximum absolute atomic E-state index is 13.6. The second-order valence-corrected chi connectivity index (χ2v) is 7.95. The minimum Gasteiger partial charge on any atom is -0.393 e. The van der Waals surface area contributed by atoms with Crippen LogP contribution in [0.2, 0.25) is 0 Å². The van der Waals surface area contributed by atoms with E-state index in [0.717, 1.165) is 12.8 Å². The highest BCUT2D eigenvalue weighted by atomic mass is 19.4. The number of piperidine rings is 1. The normalized spacial score (nSPS) is 29.2. The van der Waals surface area contributed by atoms with E-state index >= 15 is 0 Å². The van der Waals surface area contributed by atoms with E-state index < -0.39 is 12.1 Å². The molecule has 0 amide bonds. The molecule has 5 nitrogen and oxygen atoms in total. The van der Waals surface area contributed by atoms with Gasteiger partial charge in [-0.05, 0) is 44.2 Å². The SMILES string of the molecule is OC1CCC(NC2CC(C(F)(F)F)CN(c3cccc4nccnc34)C2)CC1. The number of nitrogens with one attached hydrogen (secondary N) is 1. The lowest BCUT2D eigenvalue weighted by Gasteiger charge is -2.42. The Balaban J connectivity index is 1.57. The van der Waals surface area contributed by atoms with Crippen LogP contribution in [0.15, 0.2) is 30.6 Å². The predicted octanol–water partition coefficient (Wildman–Crippen LogP) is 3.28. The molecule has 2 aliphatic rings. The van der Waals surface area contributed by atoms with Gasteiger partial charge in [0.05, 0.1) is 23.2 Å². The fourth-order valence-electron chi connectivity index (χ4n) is 4.46. The third-order valence-electron chi connectivity index (χ3n) is 5.90. The van der Waals surface area contributed by atoms with Crippen molar-refractivity contribution in [3.8, 4) is 0 Å². The van der Waals surface area contributed by atoms with Crippen molar-refractivity contribution >= 4 is 16.7 Å². The molecular formula is C20H25F3N4O. The van der Waals surface area contributed by atoms with Gasteiger partial charge in [-0.25, -0.2) is 0 Å². The molecule has 28 heavy (non-hydrogen) atoms. The lowest BCUT2D eigenvalue weighted by atomic mass is 9.89. The molecule has 4 rings (SSSR count). The van der Waals surface area contributed by atoms with Gasteiger partial charge in [-0.2, -0.15) is 13.2 Å². The number of aliphatic hydroxyl groups excluding tert-OH is 1. The molecule has 0 spiro atoms. The Labute approximate surface area is 162 Å². The van der Waals surface area contributed by atoms with Gasteiger partial charge in [-0.3, -0.25) is 9.97 Å². The number of hydrogen-bond acceptors (Lipinski definition) is 5. The predicted molar refractivity (Wildman–Crippen MR) is 101 cm³/mol. The molecule has 1 saturated carbocycles. The molecule has 0 bridgehead atoms. The minimum absolute atomic E-state index is 0.0687. The molecule has 1 aromatic carbocycles. The highest BCUT2D eigenvalue weighted by Gasteiger charge is 2.45. The first kappa shape index (κ1) is 19.4. The summed E-state index contributed by atoms with van der Waals surface area (Å²) >= 11 is 0. The van der Waals surface area contributed by atoms with E-state index in [9.17, 15) is 18.3 Å². The number of rotatable bonds is 3. The summed E-state index contributed by atoms with van der Waals surface area (Å²) in [5, 5.41) is 13.1. The second kappa shape index (κ2) is 7.83. The third kappa shape index (κ3) is 4.22. The van der Waals surface area contributed by atoms with Crippen molar-refractivity contribution in [2.45, 2.75) is 56.5 Å². The molecule has 2 aromatic rings.